The van der Waals surface area contributed by atoms with E-state index in [0.717, 1.165) is 18.2 Å². The van der Waals surface area contributed by atoms with Crippen molar-refractivity contribution in [3.63, 3.8) is 0 Å². The van der Waals surface area contributed by atoms with E-state index in [1.807, 2.05) is 4.72 Å². The van der Waals surface area contributed by atoms with Crippen molar-refractivity contribution in [1.29, 1.82) is 0 Å². The van der Waals surface area contributed by atoms with E-state index >= 15 is 0 Å². The van der Waals surface area contributed by atoms with Crippen LogP contribution in [0.5, 0.6) is 0 Å². The van der Waals surface area contributed by atoms with Crippen molar-refractivity contribution < 1.29 is 31.2 Å². The van der Waals surface area contributed by atoms with E-state index in [2.05, 4.69) is 10.6 Å². The van der Waals surface area contributed by atoms with Crippen LogP contribution in [0.1, 0.15) is 5.56 Å². The summed E-state index contributed by atoms with van der Waals surface area (Å²) in [6.07, 6.45) is -4.71. The molecule has 2 aromatic rings. The lowest BCUT2D eigenvalue weighted by molar-refractivity contribution is -0.137. The standard InChI is InChI=1S/C17H15ClF3N3O4S/c18-12-4-6-13(7-5-12)24-16(26)9-22-15(25)10-23-29(27,28)14-3-1-2-11(8-14)17(19,20)21/h1-8,23H,9-10H2,(H,22,25)(H,24,26). The molecule has 0 spiro atoms. The third-order valence-electron chi connectivity index (χ3n) is 3.47. The number of hydrogen-bond donors (Lipinski definition) is 3. The van der Waals surface area contributed by atoms with Crippen molar-refractivity contribution in [2.75, 3.05) is 18.4 Å². The first-order valence-corrected chi connectivity index (χ1v) is 9.82. The second kappa shape index (κ2) is 9.25. The zero-order valence-corrected chi connectivity index (χ0v) is 16.2. The largest absolute Gasteiger partial charge is 0.416 e. The number of benzene rings is 2. The van der Waals surface area contributed by atoms with Gasteiger partial charge in [0.05, 0.1) is 23.5 Å². The Balaban J connectivity index is 1.86. The number of carbonyl (C=O) groups excluding carboxylic acids is 2. The molecule has 0 aliphatic rings. The fraction of sp³-hybridized carbons (Fsp3) is 0.176. The number of rotatable bonds is 7. The van der Waals surface area contributed by atoms with Crippen molar-refractivity contribution in [1.82, 2.24) is 10.0 Å². The van der Waals surface area contributed by atoms with Crippen LogP contribution in [0.4, 0.5) is 18.9 Å². The number of carbonyl (C=O) groups is 2. The average molecular weight is 450 g/mol. The topological polar surface area (TPSA) is 104 Å². The highest BCUT2D eigenvalue weighted by atomic mass is 35.5. The first-order chi connectivity index (χ1) is 13.5. The van der Waals surface area contributed by atoms with E-state index in [9.17, 15) is 31.2 Å². The van der Waals surface area contributed by atoms with Crippen LogP contribution in [-0.2, 0) is 25.8 Å². The minimum absolute atomic E-state index is 0.438. The molecule has 0 aliphatic heterocycles. The zero-order chi connectivity index (χ0) is 21.7. The molecule has 2 amide bonds. The average Bonchev–Trinajstić information content (AvgIpc) is 2.66. The molecule has 0 saturated heterocycles. The summed E-state index contributed by atoms with van der Waals surface area (Å²) >= 11 is 5.72. The van der Waals surface area contributed by atoms with Gasteiger partial charge >= 0.3 is 6.18 Å². The number of amides is 2. The van der Waals surface area contributed by atoms with Gasteiger partial charge in [-0.1, -0.05) is 17.7 Å². The van der Waals surface area contributed by atoms with Gasteiger partial charge in [-0.2, -0.15) is 13.2 Å². The molecule has 0 fully saturated rings. The fourth-order valence-electron chi connectivity index (χ4n) is 2.06. The summed E-state index contributed by atoms with van der Waals surface area (Å²) < 4.78 is 64.1. The molecule has 0 atom stereocenters. The SMILES string of the molecule is O=C(CNS(=O)(=O)c1cccc(C(F)(F)F)c1)NCC(=O)Nc1ccc(Cl)cc1. The predicted molar refractivity (Wildman–Crippen MR) is 99.7 cm³/mol. The molecule has 0 saturated carbocycles. The van der Waals surface area contributed by atoms with Crippen LogP contribution in [0, 0.1) is 0 Å². The molecule has 0 bridgehead atoms. The minimum atomic E-state index is -4.71. The van der Waals surface area contributed by atoms with Gasteiger partial charge in [-0.15, -0.1) is 0 Å². The number of sulfonamides is 1. The van der Waals surface area contributed by atoms with E-state index in [1.54, 1.807) is 24.3 Å². The lowest BCUT2D eigenvalue weighted by Gasteiger charge is -2.11. The molecule has 156 valence electrons. The van der Waals surface area contributed by atoms with Gasteiger partial charge in [-0.3, -0.25) is 9.59 Å². The molecule has 0 radical (unpaired) electrons. The predicted octanol–water partition coefficient (Wildman–Crippen LogP) is 2.39. The number of nitrogens with one attached hydrogen (secondary N) is 3. The van der Waals surface area contributed by atoms with Gasteiger partial charge in [0.15, 0.2) is 0 Å². The second-order valence-corrected chi connectivity index (χ2v) is 7.89. The molecule has 2 rings (SSSR count). The summed E-state index contributed by atoms with van der Waals surface area (Å²) in [7, 11) is -4.35. The third-order valence-corrected chi connectivity index (χ3v) is 5.12. The van der Waals surface area contributed by atoms with Gasteiger partial charge in [0.25, 0.3) is 0 Å². The first-order valence-electron chi connectivity index (χ1n) is 7.96. The van der Waals surface area contributed by atoms with E-state index in [-0.39, 0.29) is 0 Å². The first kappa shape index (κ1) is 22.7. The van der Waals surface area contributed by atoms with E-state index < -0.39 is 51.6 Å². The van der Waals surface area contributed by atoms with Crippen LogP contribution >= 0.6 is 11.6 Å². The fourth-order valence-corrected chi connectivity index (χ4v) is 3.22. The number of alkyl halides is 3. The van der Waals surface area contributed by atoms with Crippen LogP contribution in [0.3, 0.4) is 0 Å². The molecule has 0 aliphatic carbocycles. The van der Waals surface area contributed by atoms with Crippen LogP contribution in [0.25, 0.3) is 0 Å². The Kier molecular flexibility index (Phi) is 7.22. The summed E-state index contributed by atoms with van der Waals surface area (Å²) in [5.41, 5.74) is -0.692. The molecule has 3 N–H and O–H groups in total. The summed E-state index contributed by atoms with van der Waals surface area (Å²) in [6, 6.07) is 9.30. The highest BCUT2D eigenvalue weighted by molar-refractivity contribution is 7.89. The molecule has 12 heteroatoms. The molecule has 7 nitrogen and oxygen atoms in total. The van der Waals surface area contributed by atoms with E-state index in [4.69, 9.17) is 11.6 Å². The van der Waals surface area contributed by atoms with Crippen molar-refractivity contribution in [2.24, 2.45) is 0 Å². The lowest BCUT2D eigenvalue weighted by atomic mass is 10.2. The lowest BCUT2D eigenvalue weighted by Crippen LogP contribution is -2.40. The van der Waals surface area contributed by atoms with Gasteiger partial charge in [0, 0.05) is 10.7 Å². The Labute approximate surface area is 169 Å². The second-order valence-electron chi connectivity index (χ2n) is 5.68. The maximum absolute atomic E-state index is 12.7. The van der Waals surface area contributed by atoms with Crippen molar-refractivity contribution in [3.8, 4) is 0 Å². The zero-order valence-electron chi connectivity index (χ0n) is 14.6. The van der Waals surface area contributed by atoms with E-state index in [1.165, 1.54) is 0 Å². The van der Waals surface area contributed by atoms with Gasteiger partial charge in [-0.05, 0) is 42.5 Å². The third kappa shape index (κ3) is 7.04. The molecule has 2 aromatic carbocycles. The molecule has 0 aromatic heterocycles. The Bertz CT molecular complexity index is 996. The van der Waals surface area contributed by atoms with Crippen LogP contribution < -0.4 is 15.4 Å². The normalized spacial score (nSPS) is 11.7. The van der Waals surface area contributed by atoms with Crippen LogP contribution in [0.15, 0.2) is 53.4 Å². The summed E-state index contributed by atoms with van der Waals surface area (Å²) in [4.78, 5) is 22.8. The maximum atomic E-state index is 12.7. The summed E-state index contributed by atoms with van der Waals surface area (Å²) in [6.45, 7) is -1.19. The van der Waals surface area contributed by atoms with Crippen molar-refractivity contribution >= 4 is 39.1 Å². The molecular weight excluding hydrogens is 435 g/mol. The Morgan fingerprint density at radius 1 is 0.966 bits per heavy atom. The van der Waals surface area contributed by atoms with Gasteiger partial charge < -0.3 is 10.6 Å². The van der Waals surface area contributed by atoms with Gasteiger partial charge in [-0.25, -0.2) is 13.1 Å². The van der Waals surface area contributed by atoms with E-state index in [0.29, 0.717) is 16.8 Å². The monoisotopic (exact) mass is 449 g/mol. The molecule has 29 heavy (non-hydrogen) atoms. The van der Waals surface area contributed by atoms with Crippen molar-refractivity contribution in [2.45, 2.75) is 11.1 Å². The minimum Gasteiger partial charge on any atom is -0.346 e. The van der Waals surface area contributed by atoms with Crippen molar-refractivity contribution in [3.05, 3.63) is 59.1 Å². The Hall–Kier alpha value is -2.63. The Morgan fingerprint density at radius 2 is 1.62 bits per heavy atom. The molecule has 0 heterocycles. The number of anilines is 1. The number of halogens is 4. The van der Waals surface area contributed by atoms with Crippen LogP contribution in [-0.4, -0.2) is 33.3 Å². The van der Waals surface area contributed by atoms with Gasteiger partial charge in [0.1, 0.15) is 0 Å². The number of hydrogen-bond acceptors (Lipinski definition) is 4. The molecule has 0 unspecified atom stereocenters. The summed E-state index contributed by atoms with van der Waals surface area (Å²) in [5, 5.41) is 5.15. The maximum Gasteiger partial charge on any atom is 0.416 e. The molecular formula is C17H15ClF3N3O4S. The quantitative estimate of drug-likeness (QED) is 0.603. The Morgan fingerprint density at radius 3 is 2.24 bits per heavy atom. The highest BCUT2D eigenvalue weighted by Crippen LogP contribution is 2.30. The summed E-state index contributed by atoms with van der Waals surface area (Å²) in [5.74, 6) is -1.41. The smallest absolute Gasteiger partial charge is 0.346 e. The van der Waals surface area contributed by atoms with Crippen LogP contribution in [0.2, 0.25) is 5.02 Å². The van der Waals surface area contributed by atoms with Gasteiger partial charge in [0.2, 0.25) is 21.8 Å². The highest BCUT2D eigenvalue weighted by Gasteiger charge is 2.31.